The van der Waals surface area contributed by atoms with Crippen LogP contribution < -0.4 is 10.2 Å². The standard InChI is InChI=1S/C13H17F3N2/c1-9-7-17-8-10(2)18(9)12-6-4-3-5-11(12)13(14,15)16/h3-6,9-10,17H,7-8H2,1-2H3. The molecule has 0 spiro atoms. The third-order valence-corrected chi connectivity index (χ3v) is 3.32. The maximum atomic E-state index is 13.0. The number of nitrogens with one attached hydrogen (secondary N) is 1. The van der Waals surface area contributed by atoms with E-state index >= 15 is 0 Å². The molecule has 1 saturated heterocycles. The van der Waals surface area contributed by atoms with Gasteiger partial charge in [-0.05, 0) is 26.0 Å². The van der Waals surface area contributed by atoms with E-state index in [-0.39, 0.29) is 17.8 Å². The van der Waals surface area contributed by atoms with Crippen molar-refractivity contribution in [3.05, 3.63) is 29.8 Å². The van der Waals surface area contributed by atoms with Crippen LogP contribution in [0.15, 0.2) is 24.3 Å². The number of alkyl halides is 3. The Hall–Kier alpha value is -1.23. The van der Waals surface area contributed by atoms with Crippen LogP contribution >= 0.6 is 0 Å². The van der Waals surface area contributed by atoms with Crippen LogP contribution in [0.3, 0.4) is 0 Å². The largest absolute Gasteiger partial charge is 0.418 e. The molecule has 0 aliphatic carbocycles. The maximum absolute atomic E-state index is 13.0. The molecule has 1 fully saturated rings. The van der Waals surface area contributed by atoms with Crippen LogP contribution in [0.2, 0.25) is 0 Å². The van der Waals surface area contributed by atoms with Gasteiger partial charge >= 0.3 is 6.18 Å². The van der Waals surface area contributed by atoms with Gasteiger partial charge in [-0.2, -0.15) is 13.2 Å². The monoisotopic (exact) mass is 258 g/mol. The summed E-state index contributed by atoms with van der Waals surface area (Å²) in [6.07, 6.45) is -4.30. The normalized spacial score (nSPS) is 25.3. The number of para-hydroxylation sites is 1. The SMILES string of the molecule is CC1CNCC(C)N1c1ccccc1C(F)(F)F. The maximum Gasteiger partial charge on any atom is 0.418 e. The molecule has 2 unspecified atom stereocenters. The van der Waals surface area contributed by atoms with Crippen molar-refractivity contribution in [2.24, 2.45) is 0 Å². The van der Waals surface area contributed by atoms with Gasteiger partial charge in [0, 0.05) is 30.9 Å². The number of hydrogen-bond donors (Lipinski definition) is 1. The zero-order valence-corrected chi connectivity index (χ0v) is 10.5. The molecular weight excluding hydrogens is 241 g/mol. The molecule has 0 bridgehead atoms. The van der Waals surface area contributed by atoms with Gasteiger partial charge in [0.1, 0.15) is 0 Å². The first-order chi connectivity index (χ1) is 8.41. The smallest absolute Gasteiger partial charge is 0.363 e. The van der Waals surface area contributed by atoms with Gasteiger partial charge < -0.3 is 10.2 Å². The summed E-state index contributed by atoms with van der Waals surface area (Å²) < 4.78 is 39.0. The fraction of sp³-hybridized carbons (Fsp3) is 0.538. The molecule has 1 aliphatic rings. The summed E-state index contributed by atoms with van der Waals surface area (Å²) in [6.45, 7) is 5.29. The van der Waals surface area contributed by atoms with E-state index in [0.29, 0.717) is 13.1 Å². The van der Waals surface area contributed by atoms with E-state index < -0.39 is 11.7 Å². The van der Waals surface area contributed by atoms with Crippen LogP contribution in [0, 0.1) is 0 Å². The topological polar surface area (TPSA) is 15.3 Å². The van der Waals surface area contributed by atoms with E-state index in [0.717, 1.165) is 6.07 Å². The Morgan fingerprint density at radius 1 is 1.11 bits per heavy atom. The Kier molecular flexibility index (Phi) is 3.52. The van der Waals surface area contributed by atoms with Crippen LogP contribution in [-0.4, -0.2) is 25.2 Å². The number of rotatable bonds is 1. The Bertz CT molecular complexity index is 407. The number of nitrogens with zero attached hydrogens (tertiary/aromatic N) is 1. The molecule has 2 atom stereocenters. The minimum atomic E-state index is -4.30. The van der Waals surface area contributed by atoms with Gasteiger partial charge in [-0.1, -0.05) is 12.1 Å². The average Bonchev–Trinajstić information content (AvgIpc) is 2.28. The van der Waals surface area contributed by atoms with Crippen LogP contribution in [0.1, 0.15) is 19.4 Å². The van der Waals surface area contributed by atoms with Crippen molar-refractivity contribution >= 4 is 5.69 Å². The van der Waals surface area contributed by atoms with Crippen LogP contribution in [-0.2, 0) is 6.18 Å². The van der Waals surface area contributed by atoms with Crippen molar-refractivity contribution in [3.63, 3.8) is 0 Å². The number of anilines is 1. The number of hydrogen-bond acceptors (Lipinski definition) is 2. The van der Waals surface area contributed by atoms with E-state index in [1.807, 2.05) is 18.7 Å². The molecule has 5 heteroatoms. The molecule has 0 aromatic heterocycles. The highest BCUT2D eigenvalue weighted by molar-refractivity contribution is 5.57. The Morgan fingerprint density at radius 3 is 2.22 bits per heavy atom. The second kappa shape index (κ2) is 4.80. The van der Waals surface area contributed by atoms with Crippen LogP contribution in [0.25, 0.3) is 0 Å². The first kappa shape index (κ1) is 13.2. The van der Waals surface area contributed by atoms with Crippen molar-refractivity contribution in [2.45, 2.75) is 32.1 Å². The second-order valence-corrected chi connectivity index (χ2v) is 4.78. The van der Waals surface area contributed by atoms with E-state index in [4.69, 9.17) is 0 Å². The lowest BCUT2D eigenvalue weighted by Crippen LogP contribution is -2.55. The van der Waals surface area contributed by atoms with Gasteiger partial charge in [0.05, 0.1) is 5.56 Å². The lowest BCUT2D eigenvalue weighted by molar-refractivity contribution is -0.137. The summed E-state index contributed by atoms with van der Waals surface area (Å²) in [4.78, 5) is 1.86. The van der Waals surface area contributed by atoms with Gasteiger partial charge in [-0.3, -0.25) is 0 Å². The molecule has 100 valence electrons. The zero-order valence-electron chi connectivity index (χ0n) is 10.5. The minimum absolute atomic E-state index is 0.0530. The van der Waals surface area contributed by atoms with Gasteiger partial charge in [-0.25, -0.2) is 0 Å². The fourth-order valence-electron chi connectivity index (χ4n) is 2.55. The van der Waals surface area contributed by atoms with Crippen molar-refractivity contribution in [1.29, 1.82) is 0 Å². The number of halogens is 3. The summed E-state index contributed by atoms with van der Waals surface area (Å²) in [5.41, 5.74) is -0.267. The summed E-state index contributed by atoms with van der Waals surface area (Å²) in [5, 5.41) is 3.22. The average molecular weight is 258 g/mol. The molecule has 1 aromatic rings. The van der Waals surface area contributed by atoms with Gasteiger partial charge in [0.25, 0.3) is 0 Å². The summed E-state index contributed by atoms with van der Waals surface area (Å²) in [6, 6.07) is 5.91. The molecule has 2 rings (SSSR count). The lowest BCUT2D eigenvalue weighted by atomic mass is 10.0. The third kappa shape index (κ3) is 2.46. The predicted octanol–water partition coefficient (Wildman–Crippen LogP) is 2.89. The molecule has 1 aromatic carbocycles. The highest BCUT2D eigenvalue weighted by Crippen LogP contribution is 2.38. The number of piperazine rings is 1. The van der Waals surface area contributed by atoms with Gasteiger partial charge in [0.2, 0.25) is 0 Å². The van der Waals surface area contributed by atoms with Gasteiger partial charge in [0.15, 0.2) is 0 Å². The Morgan fingerprint density at radius 2 is 1.67 bits per heavy atom. The Balaban J connectivity index is 2.43. The first-order valence-electron chi connectivity index (χ1n) is 6.06. The lowest BCUT2D eigenvalue weighted by Gasteiger charge is -2.42. The van der Waals surface area contributed by atoms with Crippen molar-refractivity contribution < 1.29 is 13.2 Å². The minimum Gasteiger partial charge on any atom is -0.363 e. The van der Waals surface area contributed by atoms with Crippen molar-refractivity contribution in [2.75, 3.05) is 18.0 Å². The summed E-state index contributed by atoms with van der Waals surface area (Å²) in [5.74, 6) is 0. The molecule has 2 nitrogen and oxygen atoms in total. The van der Waals surface area contributed by atoms with Crippen molar-refractivity contribution in [3.8, 4) is 0 Å². The highest BCUT2D eigenvalue weighted by Gasteiger charge is 2.37. The second-order valence-electron chi connectivity index (χ2n) is 4.78. The molecule has 0 amide bonds. The quantitative estimate of drug-likeness (QED) is 0.833. The van der Waals surface area contributed by atoms with E-state index in [1.165, 1.54) is 6.07 Å². The fourth-order valence-corrected chi connectivity index (χ4v) is 2.55. The van der Waals surface area contributed by atoms with E-state index in [1.54, 1.807) is 12.1 Å². The summed E-state index contributed by atoms with van der Waals surface area (Å²) >= 11 is 0. The van der Waals surface area contributed by atoms with E-state index in [9.17, 15) is 13.2 Å². The predicted molar refractivity (Wildman–Crippen MR) is 65.7 cm³/mol. The zero-order chi connectivity index (χ0) is 13.3. The molecular formula is C13H17F3N2. The summed E-state index contributed by atoms with van der Waals surface area (Å²) in [7, 11) is 0. The van der Waals surface area contributed by atoms with Crippen LogP contribution in [0.4, 0.5) is 18.9 Å². The van der Waals surface area contributed by atoms with Gasteiger partial charge in [-0.15, -0.1) is 0 Å². The molecule has 1 heterocycles. The molecule has 0 saturated carbocycles. The highest BCUT2D eigenvalue weighted by atomic mass is 19.4. The third-order valence-electron chi connectivity index (χ3n) is 3.32. The first-order valence-corrected chi connectivity index (χ1v) is 6.06. The van der Waals surface area contributed by atoms with Crippen LogP contribution in [0.5, 0.6) is 0 Å². The Labute approximate surface area is 105 Å². The van der Waals surface area contributed by atoms with Crippen molar-refractivity contribution in [1.82, 2.24) is 5.32 Å². The van der Waals surface area contributed by atoms with E-state index in [2.05, 4.69) is 5.32 Å². The molecule has 0 radical (unpaired) electrons. The molecule has 1 aliphatic heterocycles. The molecule has 18 heavy (non-hydrogen) atoms. The number of benzene rings is 1. The molecule has 1 N–H and O–H groups in total.